The molecule has 0 saturated carbocycles. The number of amides is 1. The average molecular weight is 330 g/mol. The lowest BCUT2D eigenvalue weighted by atomic mass is 10.1. The molecule has 0 aliphatic rings. The van der Waals surface area contributed by atoms with Crippen LogP contribution in [0, 0.1) is 0 Å². The maximum absolute atomic E-state index is 12.7. The molecule has 24 heavy (non-hydrogen) atoms. The van der Waals surface area contributed by atoms with E-state index >= 15 is 0 Å². The molecule has 2 heterocycles. The molecule has 8 heteroatoms. The number of nitrogens with zero attached hydrogens (tertiary/aromatic N) is 3. The zero-order valence-electron chi connectivity index (χ0n) is 13.9. The Balaban J connectivity index is 2.47. The van der Waals surface area contributed by atoms with Crippen LogP contribution < -0.4 is 16.6 Å². The van der Waals surface area contributed by atoms with Crippen LogP contribution in [0.1, 0.15) is 17.3 Å². The molecule has 0 saturated heterocycles. The number of fused-ring (bicyclic) bond motifs is 2. The average Bonchev–Trinajstić information content (AvgIpc) is 2.78. The third-order valence-electron chi connectivity index (χ3n) is 4.25. The van der Waals surface area contributed by atoms with Gasteiger partial charge in [-0.05, 0) is 19.1 Å². The first-order chi connectivity index (χ1) is 11.4. The van der Waals surface area contributed by atoms with E-state index in [1.165, 1.54) is 22.4 Å². The molecule has 1 aromatic carbocycles. The monoisotopic (exact) mass is 330 g/mol. The first-order valence-electron chi connectivity index (χ1n) is 7.46. The van der Waals surface area contributed by atoms with Gasteiger partial charge in [-0.25, -0.2) is 10.3 Å². The van der Waals surface area contributed by atoms with Crippen LogP contribution in [0.15, 0.2) is 27.9 Å². The first kappa shape index (κ1) is 16.0. The standard InChI is InChI=1S/C16H18N4O4/c1-5-20-8-10(15(22)17-24-4)14(21)9-6-12-13(7-11(9)20)19(3)16(23)18(12)2/h6-8H,5H2,1-4H3,(H,17,22). The number of carbonyl (C=O) groups excluding carboxylic acids is 1. The number of imidazole rings is 1. The fraction of sp³-hybridized carbons (Fsp3) is 0.312. The van der Waals surface area contributed by atoms with Gasteiger partial charge in [-0.2, -0.15) is 0 Å². The van der Waals surface area contributed by atoms with Crippen LogP contribution in [-0.2, 0) is 25.5 Å². The number of rotatable bonds is 3. The van der Waals surface area contributed by atoms with Crippen LogP contribution in [0.4, 0.5) is 0 Å². The summed E-state index contributed by atoms with van der Waals surface area (Å²) >= 11 is 0. The van der Waals surface area contributed by atoms with Gasteiger partial charge in [0.15, 0.2) is 0 Å². The Kier molecular flexibility index (Phi) is 3.76. The van der Waals surface area contributed by atoms with Crippen molar-refractivity contribution in [1.82, 2.24) is 19.2 Å². The number of nitrogens with one attached hydrogen (secondary N) is 1. The van der Waals surface area contributed by atoms with Gasteiger partial charge in [0.2, 0.25) is 5.43 Å². The van der Waals surface area contributed by atoms with Crippen LogP contribution in [0.3, 0.4) is 0 Å². The number of pyridine rings is 1. The molecule has 0 fully saturated rings. The van der Waals surface area contributed by atoms with Gasteiger partial charge in [-0.1, -0.05) is 0 Å². The minimum absolute atomic E-state index is 0.00789. The number of hydrogen-bond acceptors (Lipinski definition) is 4. The van der Waals surface area contributed by atoms with Crippen LogP contribution in [0.25, 0.3) is 21.9 Å². The second kappa shape index (κ2) is 5.64. The Labute approximate surface area is 136 Å². The normalized spacial score (nSPS) is 11.3. The summed E-state index contributed by atoms with van der Waals surface area (Å²) in [6.07, 6.45) is 1.51. The summed E-state index contributed by atoms with van der Waals surface area (Å²) in [6, 6.07) is 3.46. The van der Waals surface area contributed by atoms with Crippen molar-refractivity contribution in [3.63, 3.8) is 0 Å². The SMILES string of the molecule is CCn1cc(C(=O)NOC)c(=O)c2cc3c(cc21)n(C)c(=O)n3C. The van der Waals surface area contributed by atoms with E-state index < -0.39 is 11.3 Å². The molecule has 2 aromatic heterocycles. The highest BCUT2D eigenvalue weighted by Gasteiger charge is 2.17. The molecule has 0 spiro atoms. The highest BCUT2D eigenvalue weighted by Crippen LogP contribution is 2.20. The lowest BCUT2D eigenvalue weighted by Gasteiger charge is -2.12. The van der Waals surface area contributed by atoms with Gasteiger partial charge in [-0.3, -0.25) is 23.6 Å². The summed E-state index contributed by atoms with van der Waals surface area (Å²) in [7, 11) is 4.64. The lowest BCUT2D eigenvalue weighted by molar-refractivity contribution is 0.0536. The van der Waals surface area contributed by atoms with Crippen LogP contribution in [0.2, 0.25) is 0 Å². The van der Waals surface area contributed by atoms with Crippen molar-refractivity contribution in [2.24, 2.45) is 14.1 Å². The van der Waals surface area contributed by atoms with Gasteiger partial charge in [0, 0.05) is 32.2 Å². The highest BCUT2D eigenvalue weighted by atomic mass is 16.6. The van der Waals surface area contributed by atoms with Gasteiger partial charge in [0.1, 0.15) is 5.56 Å². The number of aryl methyl sites for hydroxylation is 3. The Morgan fingerprint density at radius 1 is 1.12 bits per heavy atom. The summed E-state index contributed by atoms with van der Waals surface area (Å²) in [6.45, 7) is 2.48. The van der Waals surface area contributed by atoms with Crippen LogP contribution in [0.5, 0.6) is 0 Å². The molecule has 3 rings (SSSR count). The predicted molar refractivity (Wildman–Crippen MR) is 90.1 cm³/mol. The second-order valence-electron chi connectivity index (χ2n) is 5.55. The van der Waals surface area contributed by atoms with Crippen molar-refractivity contribution in [3.8, 4) is 0 Å². The molecule has 3 aromatic rings. The summed E-state index contributed by atoms with van der Waals surface area (Å²) in [5.41, 5.74) is 3.62. The molecule has 0 aliphatic heterocycles. The van der Waals surface area contributed by atoms with Crippen molar-refractivity contribution in [1.29, 1.82) is 0 Å². The highest BCUT2D eigenvalue weighted by molar-refractivity contribution is 5.99. The van der Waals surface area contributed by atoms with Crippen molar-refractivity contribution in [3.05, 3.63) is 44.6 Å². The van der Waals surface area contributed by atoms with E-state index in [9.17, 15) is 14.4 Å². The van der Waals surface area contributed by atoms with Gasteiger partial charge in [0.25, 0.3) is 5.91 Å². The van der Waals surface area contributed by atoms with Gasteiger partial charge in [0.05, 0.1) is 23.7 Å². The molecule has 0 aliphatic carbocycles. The van der Waals surface area contributed by atoms with Gasteiger partial charge < -0.3 is 4.57 Å². The lowest BCUT2D eigenvalue weighted by Crippen LogP contribution is -2.29. The Bertz CT molecular complexity index is 1090. The zero-order chi connectivity index (χ0) is 17.6. The Morgan fingerprint density at radius 2 is 1.75 bits per heavy atom. The molecule has 1 N–H and O–H groups in total. The molecular formula is C16H18N4O4. The molecule has 0 atom stereocenters. The third kappa shape index (κ3) is 2.15. The van der Waals surface area contributed by atoms with E-state index in [-0.39, 0.29) is 11.3 Å². The number of hydroxylamine groups is 1. The maximum atomic E-state index is 12.7. The molecular weight excluding hydrogens is 312 g/mol. The summed E-state index contributed by atoms with van der Waals surface area (Å²) in [4.78, 5) is 41.5. The topological polar surface area (TPSA) is 87.3 Å². The van der Waals surface area contributed by atoms with Crippen molar-refractivity contribution in [2.45, 2.75) is 13.5 Å². The molecule has 1 amide bonds. The van der Waals surface area contributed by atoms with Crippen LogP contribution in [-0.4, -0.2) is 26.7 Å². The van der Waals surface area contributed by atoms with E-state index in [4.69, 9.17) is 0 Å². The number of carbonyl (C=O) groups is 1. The van der Waals surface area contributed by atoms with Crippen molar-refractivity contribution >= 4 is 27.8 Å². The molecule has 0 unspecified atom stereocenters. The van der Waals surface area contributed by atoms with E-state index in [0.29, 0.717) is 23.0 Å². The van der Waals surface area contributed by atoms with Crippen molar-refractivity contribution < 1.29 is 9.63 Å². The minimum Gasteiger partial charge on any atom is -0.347 e. The number of hydrogen-bond donors (Lipinski definition) is 1. The smallest absolute Gasteiger partial charge is 0.328 e. The largest absolute Gasteiger partial charge is 0.347 e. The second-order valence-corrected chi connectivity index (χ2v) is 5.55. The minimum atomic E-state index is -0.603. The quantitative estimate of drug-likeness (QED) is 0.709. The fourth-order valence-corrected chi connectivity index (χ4v) is 2.95. The van der Waals surface area contributed by atoms with Gasteiger partial charge >= 0.3 is 5.69 Å². The Morgan fingerprint density at radius 3 is 2.33 bits per heavy atom. The molecule has 0 bridgehead atoms. The zero-order valence-corrected chi connectivity index (χ0v) is 13.9. The van der Waals surface area contributed by atoms with Crippen LogP contribution >= 0.6 is 0 Å². The van der Waals surface area contributed by atoms with Crippen molar-refractivity contribution in [2.75, 3.05) is 7.11 Å². The van der Waals surface area contributed by atoms with E-state index in [1.54, 1.807) is 30.8 Å². The number of benzene rings is 1. The molecule has 0 radical (unpaired) electrons. The maximum Gasteiger partial charge on any atom is 0.328 e. The number of aromatic nitrogens is 3. The fourth-order valence-electron chi connectivity index (χ4n) is 2.95. The van der Waals surface area contributed by atoms with E-state index in [1.807, 2.05) is 6.92 Å². The molecule has 126 valence electrons. The third-order valence-corrected chi connectivity index (χ3v) is 4.25. The summed E-state index contributed by atoms with van der Waals surface area (Å²) < 4.78 is 4.81. The van der Waals surface area contributed by atoms with Gasteiger partial charge in [-0.15, -0.1) is 0 Å². The first-order valence-corrected chi connectivity index (χ1v) is 7.46. The Hall–Kier alpha value is -2.87. The summed E-state index contributed by atoms with van der Waals surface area (Å²) in [5, 5.41) is 0.384. The molecule has 8 nitrogen and oxygen atoms in total. The van der Waals surface area contributed by atoms with E-state index in [0.717, 1.165) is 5.52 Å². The summed E-state index contributed by atoms with van der Waals surface area (Å²) in [5.74, 6) is -0.603. The van der Waals surface area contributed by atoms with E-state index in [2.05, 4.69) is 10.3 Å². The predicted octanol–water partition coefficient (Wildman–Crippen LogP) is 0.503.